The van der Waals surface area contributed by atoms with Gasteiger partial charge in [-0.05, 0) is 6.92 Å². The van der Waals surface area contributed by atoms with Crippen LogP contribution in [-0.2, 0) is 4.79 Å². The lowest BCUT2D eigenvalue weighted by atomic mass is 10.1. The summed E-state index contributed by atoms with van der Waals surface area (Å²) in [6.45, 7) is 3.22. The van der Waals surface area contributed by atoms with Gasteiger partial charge in [0.25, 0.3) is 0 Å². The highest BCUT2D eigenvalue weighted by atomic mass is 19.2. The van der Waals surface area contributed by atoms with Gasteiger partial charge in [0.15, 0.2) is 23.2 Å². The third-order valence-corrected chi connectivity index (χ3v) is 2.32. The van der Waals surface area contributed by atoms with Crippen molar-refractivity contribution < 1.29 is 32.2 Å². The van der Waals surface area contributed by atoms with E-state index in [1.54, 1.807) is 0 Å². The first-order valence-corrected chi connectivity index (χ1v) is 5.10. The summed E-state index contributed by atoms with van der Waals surface area (Å²) in [6, 6.07) is 0. The third-order valence-electron chi connectivity index (χ3n) is 2.32. The number of ketones is 1. The molecule has 3 nitrogen and oxygen atoms in total. The van der Waals surface area contributed by atoms with Gasteiger partial charge < -0.3 is 9.84 Å². The zero-order valence-electron chi connectivity index (χ0n) is 9.84. The van der Waals surface area contributed by atoms with Crippen molar-refractivity contribution in [1.29, 1.82) is 0 Å². The van der Waals surface area contributed by atoms with Crippen molar-refractivity contribution in [3.05, 3.63) is 35.4 Å². The lowest BCUT2D eigenvalue weighted by Crippen LogP contribution is -2.25. The van der Waals surface area contributed by atoms with Crippen LogP contribution in [0.25, 0.3) is 6.08 Å². The van der Waals surface area contributed by atoms with Gasteiger partial charge in [0.1, 0.15) is 12.7 Å². The summed E-state index contributed by atoms with van der Waals surface area (Å²) < 4.78 is 57.9. The van der Waals surface area contributed by atoms with Crippen LogP contribution in [-0.4, -0.2) is 23.6 Å². The van der Waals surface area contributed by atoms with Crippen LogP contribution in [0.5, 0.6) is 5.75 Å². The standard InChI is InChI=1S/C12H10F4O3/c1-3-6-8(13)10(15)12(11(16)9(6)14)19-4-7(18)5(2)17/h3,7,18H,1,4H2,2H3. The molecule has 0 aliphatic rings. The Morgan fingerprint density at radius 1 is 1.26 bits per heavy atom. The summed E-state index contributed by atoms with van der Waals surface area (Å²) >= 11 is 0. The number of aliphatic hydroxyl groups is 1. The van der Waals surface area contributed by atoms with Crippen molar-refractivity contribution in [2.24, 2.45) is 0 Å². The molecule has 0 spiro atoms. The molecule has 0 heterocycles. The fourth-order valence-electron chi connectivity index (χ4n) is 1.21. The molecule has 0 amide bonds. The first kappa shape index (κ1) is 15.2. The van der Waals surface area contributed by atoms with Gasteiger partial charge in [-0.2, -0.15) is 8.78 Å². The van der Waals surface area contributed by atoms with E-state index in [-0.39, 0.29) is 0 Å². The molecule has 104 valence electrons. The minimum Gasteiger partial charge on any atom is -0.484 e. The molecule has 0 aromatic heterocycles. The Balaban J connectivity index is 3.15. The van der Waals surface area contributed by atoms with E-state index < -0.39 is 53.1 Å². The average Bonchev–Trinajstić information content (AvgIpc) is 2.36. The maximum Gasteiger partial charge on any atom is 0.204 e. The average molecular weight is 278 g/mol. The van der Waals surface area contributed by atoms with Crippen LogP contribution in [0.1, 0.15) is 12.5 Å². The van der Waals surface area contributed by atoms with E-state index in [0.717, 1.165) is 6.92 Å². The molecule has 0 radical (unpaired) electrons. The summed E-state index contributed by atoms with van der Waals surface area (Å²) in [5, 5.41) is 9.09. The monoisotopic (exact) mass is 278 g/mol. The fourth-order valence-corrected chi connectivity index (χ4v) is 1.21. The van der Waals surface area contributed by atoms with Crippen LogP contribution in [0.3, 0.4) is 0 Å². The van der Waals surface area contributed by atoms with Crippen molar-refractivity contribution in [2.75, 3.05) is 6.61 Å². The highest BCUT2D eigenvalue weighted by Crippen LogP contribution is 2.30. The summed E-state index contributed by atoms with van der Waals surface area (Å²) in [4.78, 5) is 10.7. The SMILES string of the molecule is C=Cc1c(F)c(F)c(OCC(O)C(C)=O)c(F)c1F. The smallest absolute Gasteiger partial charge is 0.204 e. The zero-order valence-corrected chi connectivity index (χ0v) is 9.84. The van der Waals surface area contributed by atoms with Crippen molar-refractivity contribution in [3.63, 3.8) is 0 Å². The molecule has 0 aliphatic carbocycles. The number of aliphatic hydroxyl groups excluding tert-OH is 1. The Hall–Kier alpha value is -1.89. The second-order valence-corrected chi connectivity index (χ2v) is 3.64. The topological polar surface area (TPSA) is 46.5 Å². The second kappa shape index (κ2) is 5.83. The molecule has 0 bridgehead atoms. The molecule has 1 unspecified atom stereocenters. The molecular weight excluding hydrogens is 268 g/mol. The Kier molecular flexibility index (Phi) is 4.66. The summed E-state index contributed by atoms with van der Waals surface area (Å²) in [7, 11) is 0. The molecule has 1 aromatic carbocycles. The third kappa shape index (κ3) is 2.93. The molecule has 1 aromatic rings. The minimum absolute atomic E-state index is 0.616. The Morgan fingerprint density at radius 3 is 2.11 bits per heavy atom. The molecule has 1 atom stereocenters. The van der Waals surface area contributed by atoms with E-state index in [9.17, 15) is 22.4 Å². The first-order chi connectivity index (χ1) is 8.81. The maximum absolute atomic E-state index is 13.4. The van der Waals surface area contributed by atoms with E-state index in [1.165, 1.54) is 0 Å². The Labute approximate surface area is 106 Å². The molecule has 0 fully saturated rings. The predicted octanol–water partition coefficient (Wildman–Crippen LogP) is 2.21. The van der Waals surface area contributed by atoms with E-state index in [4.69, 9.17) is 5.11 Å². The van der Waals surface area contributed by atoms with Crippen LogP contribution in [0.4, 0.5) is 17.6 Å². The second-order valence-electron chi connectivity index (χ2n) is 3.64. The number of hydrogen-bond acceptors (Lipinski definition) is 3. The van der Waals surface area contributed by atoms with Gasteiger partial charge in [-0.3, -0.25) is 4.79 Å². The quantitative estimate of drug-likeness (QED) is 0.663. The summed E-state index contributed by atoms with van der Waals surface area (Å²) in [5.41, 5.74) is -0.963. The van der Waals surface area contributed by atoms with Crippen molar-refractivity contribution in [2.45, 2.75) is 13.0 Å². The number of carbonyl (C=O) groups excluding carboxylic acids is 1. The number of rotatable bonds is 5. The lowest BCUT2D eigenvalue weighted by molar-refractivity contribution is -0.126. The minimum atomic E-state index is -1.76. The van der Waals surface area contributed by atoms with E-state index >= 15 is 0 Å². The van der Waals surface area contributed by atoms with E-state index in [1.807, 2.05) is 0 Å². The predicted molar refractivity (Wildman–Crippen MR) is 58.5 cm³/mol. The largest absolute Gasteiger partial charge is 0.484 e. The van der Waals surface area contributed by atoms with E-state index in [0.29, 0.717) is 6.08 Å². The van der Waals surface area contributed by atoms with Gasteiger partial charge in [0.2, 0.25) is 11.6 Å². The van der Waals surface area contributed by atoms with Crippen LogP contribution in [0, 0.1) is 23.3 Å². The number of benzene rings is 1. The molecule has 0 saturated heterocycles. The number of Topliss-reactive ketones (excluding diaryl/α,β-unsaturated/α-hetero) is 1. The van der Waals surface area contributed by atoms with Gasteiger partial charge >= 0.3 is 0 Å². The fraction of sp³-hybridized carbons (Fsp3) is 0.250. The van der Waals surface area contributed by atoms with Gasteiger partial charge in [-0.15, -0.1) is 0 Å². The van der Waals surface area contributed by atoms with Crippen LogP contribution in [0.2, 0.25) is 0 Å². The normalized spacial score (nSPS) is 12.1. The Bertz CT molecular complexity index is 499. The number of halogens is 4. The molecule has 19 heavy (non-hydrogen) atoms. The summed E-state index contributed by atoms with van der Waals surface area (Å²) in [6.07, 6.45) is -1.03. The van der Waals surface area contributed by atoms with Gasteiger partial charge in [-0.1, -0.05) is 12.7 Å². The number of carbonyl (C=O) groups is 1. The zero-order chi connectivity index (χ0) is 14.7. The Morgan fingerprint density at radius 2 is 1.74 bits per heavy atom. The van der Waals surface area contributed by atoms with Crippen molar-refractivity contribution >= 4 is 11.9 Å². The highest BCUT2D eigenvalue weighted by molar-refractivity contribution is 5.80. The van der Waals surface area contributed by atoms with Gasteiger partial charge in [-0.25, -0.2) is 8.78 Å². The molecule has 0 saturated carbocycles. The lowest BCUT2D eigenvalue weighted by Gasteiger charge is -2.13. The van der Waals surface area contributed by atoms with Gasteiger partial charge in [0, 0.05) is 0 Å². The molecule has 7 heteroatoms. The van der Waals surface area contributed by atoms with Crippen LogP contribution in [0.15, 0.2) is 6.58 Å². The highest BCUT2D eigenvalue weighted by Gasteiger charge is 2.26. The van der Waals surface area contributed by atoms with Gasteiger partial charge in [0.05, 0.1) is 5.56 Å². The van der Waals surface area contributed by atoms with Crippen LogP contribution >= 0.6 is 0 Å². The molecule has 1 N–H and O–H groups in total. The van der Waals surface area contributed by atoms with Crippen LogP contribution < -0.4 is 4.74 Å². The first-order valence-electron chi connectivity index (χ1n) is 5.10. The van der Waals surface area contributed by atoms with E-state index in [2.05, 4.69) is 11.3 Å². The molecule has 1 rings (SSSR count). The molecular formula is C12H10F4O3. The molecule has 0 aliphatic heterocycles. The van der Waals surface area contributed by atoms with Crippen molar-refractivity contribution in [3.8, 4) is 5.75 Å². The summed E-state index contributed by atoms with van der Waals surface area (Å²) in [5.74, 6) is -8.90. The van der Waals surface area contributed by atoms with Crippen molar-refractivity contribution in [1.82, 2.24) is 0 Å². The maximum atomic E-state index is 13.4. The number of hydrogen-bond donors (Lipinski definition) is 1. The number of ether oxygens (including phenoxy) is 1.